The first-order valence-corrected chi connectivity index (χ1v) is 8.31. The van der Waals surface area contributed by atoms with E-state index in [0.29, 0.717) is 0 Å². The monoisotopic (exact) mass is 305 g/mol. The molecule has 23 heavy (non-hydrogen) atoms. The third kappa shape index (κ3) is 4.13. The molecule has 0 spiro atoms. The molecule has 2 aromatic carbocycles. The highest BCUT2D eigenvalue weighted by molar-refractivity contribution is 5.72. The second-order valence-corrected chi connectivity index (χ2v) is 6.15. The molecule has 1 heteroatoms. The summed E-state index contributed by atoms with van der Waals surface area (Å²) in [7, 11) is 0. The van der Waals surface area contributed by atoms with Crippen LogP contribution in [0.15, 0.2) is 77.5 Å². The molecule has 2 rings (SSSR count). The fourth-order valence-corrected chi connectivity index (χ4v) is 2.95. The summed E-state index contributed by atoms with van der Waals surface area (Å²) in [6.45, 7) is 10.9. The summed E-state index contributed by atoms with van der Waals surface area (Å²) < 4.78 is 0. The average molecular weight is 305 g/mol. The van der Waals surface area contributed by atoms with Gasteiger partial charge in [-0.3, -0.25) is 0 Å². The predicted octanol–water partition coefficient (Wildman–Crippen LogP) is 6.78. The Labute approximate surface area is 141 Å². The van der Waals surface area contributed by atoms with Crippen LogP contribution in [0.5, 0.6) is 0 Å². The van der Waals surface area contributed by atoms with Crippen LogP contribution in [0.2, 0.25) is 0 Å². The van der Waals surface area contributed by atoms with Crippen LogP contribution in [-0.2, 0) is 0 Å². The Morgan fingerprint density at radius 2 is 1.57 bits per heavy atom. The first-order chi connectivity index (χ1) is 11.0. The van der Waals surface area contributed by atoms with E-state index in [1.807, 2.05) is 0 Å². The molecule has 0 aromatic heterocycles. The van der Waals surface area contributed by atoms with Crippen LogP contribution in [0.1, 0.15) is 39.7 Å². The van der Waals surface area contributed by atoms with Gasteiger partial charge in [-0.25, -0.2) is 0 Å². The number of anilines is 2. The fourth-order valence-electron chi connectivity index (χ4n) is 2.95. The molecule has 0 N–H and O–H groups in total. The number of aryl methyl sites for hydroxylation is 1. The molecule has 1 nitrogen and oxygen atoms in total. The minimum Gasteiger partial charge on any atom is -0.310 e. The highest BCUT2D eigenvalue weighted by Gasteiger charge is 2.17. The van der Waals surface area contributed by atoms with E-state index >= 15 is 0 Å². The van der Waals surface area contributed by atoms with Crippen LogP contribution in [0.25, 0.3) is 0 Å². The Morgan fingerprint density at radius 1 is 0.913 bits per heavy atom. The molecular weight excluding hydrogens is 278 g/mol. The highest BCUT2D eigenvalue weighted by Crippen LogP contribution is 2.34. The maximum Gasteiger partial charge on any atom is 0.0473 e. The molecule has 0 saturated carbocycles. The van der Waals surface area contributed by atoms with E-state index in [-0.39, 0.29) is 0 Å². The van der Waals surface area contributed by atoms with Gasteiger partial charge in [0.25, 0.3) is 0 Å². The van der Waals surface area contributed by atoms with E-state index in [1.165, 1.54) is 33.8 Å². The third-order valence-electron chi connectivity index (χ3n) is 3.86. The lowest BCUT2D eigenvalue weighted by Crippen LogP contribution is -2.18. The maximum atomic E-state index is 2.36. The smallest absolute Gasteiger partial charge is 0.0473 e. The number of nitrogens with zero attached hydrogens (tertiary/aromatic N) is 1. The van der Waals surface area contributed by atoms with E-state index in [1.54, 1.807) is 0 Å². The van der Waals surface area contributed by atoms with Crippen molar-refractivity contribution < 1.29 is 0 Å². The molecule has 120 valence electrons. The molecule has 0 unspecified atom stereocenters. The minimum absolute atomic E-state index is 1.04. The van der Waals surface area contributed by atoms with E-state index < -0.39 is 0 Å². The Balaban J connectivity index is 2.67. The number of para-hydroxylation sites is 1. The van der Waals surface area contributed by atoms with Crippen molar-refractivity contribution in [1.82, 2.24) is 0 Å². The molecule has 0 aliphatic heterocycles. The van der Waals surface area contributed by atoms with Crippen LogP contribution in [0, 0.1) is 6.92 Å². The third-order valence-corrected chi connectivity index (χ3v) is 3.86. The summed E-state index contributed by atoms with van der Waals surface area (Å²) in [4.78, 5) is 2.36. The molecule has 2 aromatic rings. The first-order valence-electron chi connectivity index (χ1n) is 8.31. The summed E-state index contributed by atoms with van der Waals surface area (Å²) in [6, 6.07) is 19.3. The second-order valence-electron chi connectivity index (χ2n) is 6.15. The topological polar surface area (TPSA) is 3.24 Å². The molecule has 0 amide bonds. The minimum atomic E-state index is 1.04. The Bertz CT molecular complexity index is 704. The van der Waals surface area contributed by atoms with Gasteiger partial charge in [0.15, 0.2) is 0 Å². The zero-order valence-corrected chi connectivity index (χ0v) is 14.9. The van der Waals surface area contributed by atoms with Crippen LogP contribution >= 0.6 is 0 Å². The van der Waals surface area contributed by atoms with E-state index in [9.17, 15) is 0 Å². The van der Waals surface area contributed by atoms with Gasteiger partial charge in [0, 0.05) is 17.1 Å². The standard InChI is InChI=1S/C22H27N/c1-6-11-19(5)22(17(2)3)23(20-13-8-7-9-14-20)21-15-10-12-18(4)16-21/h7-16H,6H2,1-5H3/b19-11-. The van der Waals surface area contributed by atoms with Crippen molar-refractivity contribution in [2.24, 2.45) is 0 Å². The molecule has 0 fully saturated rings. The van der Waals surface area contributed by atoms with E-state index in [2.05, 4.69) is 100 Å². The Kier molecular flexibility index (Phi) is 5.81. The van der Waals surface area contributed by atoms with Gasteiger partial charge in [-0.2, -0.15) is 0 Å². The van der Waals surface area contributed by atoms with Gasteiger partial charge >= 0.3 is 0 Å². The summed E-state index contributed by atoms with van der Waals surface area (Å²) >= 11 is 0. The number of hydrogen-bond donors (Lipinski definition) is 0. The zero-order valence-electron chi connectivity index (χ0n) is 14.9. The molecule has 0 atom stereocenters. The summed E-state index contributed by atoms with van der Waals surface area (Å²) in [5, 5.41) is 0. The average Bonchev–Trinajstić information content (AvgIpc) is 2.53. The fraction of sp³-hybridized carbons (Fsp3) is 0.273. The highest BCUT2D eigenvalue weighted by atomic mass is 15.2. The normalized spacial score (nSPS) is 11.3. The molecule has 0 heterocycles. The Hall–Kier alpha value is -2.28. The van der Waals surface area contributed by atoms with Crippen LogP contribution < -0.4 is 4.90 Å². The predicted molar refractivity (Wildman–Crippen MR) is 102 cm³/mol. The SMILES string of the molecule is CC/C=C(/C)C(=C(C)C)N(c1ccccc1)c1cccc(C)c1. The van der Waals surface area contributed by atoms with Crippen LogP contribution in [0.3, 0.4) is 0 Å². The van der Waals surface area contributed by atoms with Crippen LogP contribution in [-0.4, -0.2) is 0 Å². The van der Waals surface area contributed by atoms with Gasteiger partial charge in [0.1, 0.15) is 0 Å². The van der Waals surface area contributed by atoms with Crippen molar-refractivity contribution in [3.05, 3.63) is 83.1 Å². The second kappa shape index (κ2) is 7.82. The van der Waals surface area contributed by atoms with Gasteiger partial charge in [0.05, 0.1) is 0 Å². The van der Waals surface area contributed by atoms with Crippen LogP contribution in [0.4, 0.5) is 11.4 Å². The largest absolute Gasteiger partial charge is 0.310 e. The van der Waals surface area contributed by atoms with Crippen molar-refractivity contribution in [2.75, 3.05) is 4.90 Å². The molecule has 0 aliphatic rings. The summed E-state index contributed by atoms with van der Waals surface area (Å²) in [6.07, 6.45) is 3.34. The van der Waals surface area contributed by atoms with E-state index in [4.69, 9.17) is 0 Å². The first kappa shape index (κ1) is 17.1. The van der Waals surface area contributed by atoms with Gasteiger partial charge in [-0.1, -0.05) is 48.9 Å². The lowest BCUT2D eigenvalue weighted by Gasteiger charge is -2.30. The molecule has 0 bridgehead atoms. The maximum absolute atomic E-state index is 2.36. The Morgan fingerprint density at radius 3 is 2.13 bits per heavy atom. The number of benzene rings is 2. The molecular formula is C22H27N. The van der Waals surface area contributed by atoms with Crippen molar-refractivity contribution in [3.63, 3.8) is 0 Å². The quantitative estimate of drug-likeness (QED) is 0.550. The molecule has 0 saturated heterocycles. The summed E-state index contributed by atoms with van der Waals surface area (Å²) in [5.74, 6) is 0. The molecule has 0 aliphatic carbocycles. The van der Waals surface area contributed by atoms with Crippen molar-refractivity contribution in [3.8, 4) is 0 Å². The van der Waals surface area contributed by atoms with Crippen molar-refractivity contribution >= 4 is 11.4 Å². The molecule has 0 radical (unpaired) electrons. The number of rotatable bonds is 5. The van der Waals surface area contributed by atoms with Gasteiger partial charge in [-0.15, -0.1) is 0 Å². The number of allylic oxidation sites excluding steroid dienone is 3. The lowest BCUT2D eigenvalue weighted by molar-refractivity contribution is 1.08. The van der Waals surface area contributed by atoms with Gasteiger partial charge in [-0.05, 0) is 69.5 Å². The number of hydrogen-bond acceptors (Lipinski definition) is 1. The summed E-state index contributed by atoms with van der Waals surface area (Å²) in [5.41, 5.74) is 7.59. The lowest BCUT2D eigenvalue weighted by atomic mass is 10.0. The van der Waals surface area contributed by atoms with Gasteiger partial charge < -0.3 is 4.90 Å². The van der Waals surface area contributed by atoms with E-state index in [0.717, 1.165) is 6.42 Å². The van der Waals surface area contributed by atoms with Crippen molar-refractivity contribution in [2.45, 2.75) is 41.0 Å². The van der Waals surface area contributed by atoms with Gasteiger partial charge in [0.2, 0.25) is 0 Å². The zero-order chi connectivity index (χ0) is 16.8. The van der Waals surface area contributed by atoms with Crippen molar-refractivity contribution in [1.29, 1.82) is 0 Å².